The van der Waals surface area contributed by atoms with E-state index in [0.29, 0.717) is 0 Å². The van der Waals surface area contributed by atoms with Gasteiger partial charge in [-0.2, -0.15) is 0 Å². The van der Waals surface area contributed by atoms with Gasteiger partial charge in [-0.15, -0.1) is 0 Å². The zero-order chi connectivity index (χ0) is 13.1. The second-order valence-electron chi connectivity index (χ2n) is 4.59. The number of nitrogens with zero attached hydrogens (tertiary/aromatic N) is 2. The van der Waals surface area contributed by atoms with Gasteiger partial charge in [0, 0.05) is 36.6 Å². The third-order valence-electron chi connectivity index (χ3n) is 3.10. The van der Waals surface area contributed by atoms with Crippen molar-refractivity contribution in [1.82, 2.24) is 20.3 Å². The first-order valence-electron chi connectivity index (χ1n) is 6.37. The number of aryl methyl sites for hydroxylation is 1. The minimum absolute atomic E-state index is 0.772. The lowest BCUT2D eigenvalue weighted by molar-refractivity contribution is 0.681. The fraction of sp³-hybridized carbons (Fsp3) is 0.200. The average molecular weight is 252 g/mol. The topological polar surface area (TPSA) is 53.6 Å². The van der Waals surface area contributed by atoms with Crippen LogP contribution in [0.1, 0.15) is 17.0 Å². The van der Waals surface area contributed by atoms with E-state index in [9.17, 15) is 0 Å². The van der Waals surface area contributed by atoms with Crippen molar-refractivity contribution in [3.63, 3.8) is 0 Å². The molecular weight excluding hydrogens is 236 g/mol. The van der Waals surface area contributed by atoms with Crippen molar-refractivity contribution in [3.05, 3.63) is 59.7 Å². The van der Waals surface area contributed by atoms with Crippen LogP contribution in [0.4, 0.5) is 0 Å². The van der Waals surface area contributed by atoms with Crippen LogP contribution < -0.4 is 5.32 Å². The Morgan fingerprint density at radius 2 is 2.11 bits per heavy atom. The molecule has 0 fully saturated rings. The summed E-state index contributed by atoms with van der Waals surface area (Å²) in [7, 11) is 0. The van der Waals surface area contributed by atoms with Crippen molar-refractivity contribution in [3.8, 4) is 0 Å². The lowest BCUT2D eigenvalue weighted by Crippen LogP contribution is -2.13. The summed E-state index contributed by atoms with van der Waals surface area (Å²) in [6.07, 6.45) is 3.81. The molecule has 4 nitrogen and oxygen atoms in total. The van der Waals surface area contributed by atoms with Gasteiger partial charge in [0.25, 0.3) is 0 Å². The van der Waals surface area contributed by atoms with E-state index in [1.165, 1.54) is 10.9 Å². The Morgan fingerprint density at radius 1 is 1.16 bits per heavy atom. The number of aromatic amines is 1. The highest BCUT2D eigenvalue weighted by molar-refractivity contribution is 5.79. The maximum absolute atomic E-state index is 4.47. The van der Waals surface area contributed by atoms with E-state index in [2.05, 4.69) is 26.3 Å². The summed E-state index contributed by atoms with van der Waals surface area (Å²) in [6, 6.07) is 10.1. The van der Waals surface area contributed by atoms with Crippen LogP contribution in [-0.4, -0.2) is 15.0 Å². The Morgan fingerprint density at radius 3 is 3.00 bits per heavy atom. The van der Waals surface area contributed by atoms with E-state index in [0.717, 1.165) is 30.1 Å². The molecule has 0 amide bonds. The molecule has 0 aromatic carbocycles. The molecule has 0 radical (unpaired) electrons. The number of pyridine rings is 2. The van der Waals surface area contributed by atoms with Crippen LogP contribution in [-0.2, 0) is 13.1 Å². The fourth-order valence-electron chi connectivity index (χ4n) is 2.18. The Bertz CT molecular complexity index is 687. The highest BCUT2D eigenvalue weighted by atomic mass is 14.9. The average Bonchev–Trinajstić information content (AvgIpc) is 2.83. The maximum Gasteiger partial charge on any atom is 0.137 e. The second-order valence-corrected chi connectivity index (χ2v) is 4.59. The van der Waals surface area contributed by atoms with E-state index < -0.39 is 0 Å². The van der Waals surface area contributed by atoms with Crippen LogP contribution >= 0.6 is 0 Å². The van der Waals surface area contributed by atoms with E-state index in [-0.39, 0.29) is 0 Å². The molecule has 0 bridgehead atoms. The molecule has 0 saturated heterocycles. The van der Waals surface area contributed by atoms with E-state index in [1.807, 2.05) is 37.4 Å². The molecule has 3 rings (SSSR count). The molecule has 3 aromatic heterocycles. The summed E-state index contributed by atoms with van der Waals surface area (Å²) in [4.78, 5) is 11.9. The quantitative estimate of drug-likeness (QED) is 0.750. The summed E-state index contributed by atoms with van der Waals surface area (Å²) in [6.45, 7) is 3.59. The van der Waals surface area contributed by atoms with Crippen molar-refractivity contribution in [2.24, 2.45) is 0 Å². The molecule has 0 spiro atoms. The molecule has 96 valence electrons. The van der Waals surface area contributed by atoms with Gasteiger partial charge in [-0.25, -0.2) is 4.98 Å². The zero-order valence-corrected chi connectivity index (χ0v) is 10.9. The SMILES string of the molecule is Cc1cccc(CNCc2c[nH]c3ncccc23)n1. The molecule has 0 aliphatic heterocycles. The van der Waals surface area contributed by atoms with Gasteiger partial charge in [0.15, 0.2) is 0 Å². The van der Waals surface area contributed by atoms with Gasteiger partial charge in [-0.05, 0) is 36.8 Å². The van der Waals surface area contributed by atoms with Crippen molar-refractivity contribution < 1.29 is 0 Å². The number of rotatable bonds is 4. The van der Waals surface area contributed by atoms with Gasteiger partial charge in [-0.3, -0.25) is 4.98 Å². The number of hydrogen-bond donors (Lipinski definition) is 2. The minimum Gasteiger partial charge on any atom is -0.346 e. The number of fused-ring (bicyclic) bond motifs is 1. The second kappa shape index (κ2) is 5.20. The predicted molar refractivity (Wildman–Crippen MR) is 75.6 cm³/mol. The molecule has 0 aliphatic rings. The van der Waals surface area contributed by atoms with E-state index in [4.69, 9.17) is 0 Å². The Kier molecular flexibility index (Phi) is 3.25. The van der Waals surface area contributed by atoms with Gasteiger partial charge >= 0.3 is 0 Å². The maximum atomic E-state index is 4.47. The third kappa shape index (κ3) is 2.63. The van der Waals surface area contributed by atoms with Crippen LogP contribution in [0.15, 0.2) is 42.7 Å². The molecule has 3 aromatic rings. The molecule has 0 saturated carbocycles. The molecule has 3 heterocycles. The zero-order valence-electron chi connectivity index (χ0n) is 10.9. The summed E-state index contributed by atoms with van der Waals surface area (Å²) in [5.74, 6) is 0. The Hall–Kier alpha value is -2.20. The van der Waals surface area contributed by atoms with Crippen LogP contribution in [0.5, 0.6) is 0 Å². The first kappa shape index (κ1) is 11.9. The van der Waals surface area contributed by atoms with Crippen LogP contribution in [0.2, 0.25) is 0 Å². The van der Waals surface area contributed by atoms with Gasteiger partial charge in [0.1, 0.15) is 5.65 Å². The standard InChI is InChI=1S/C15H16N4/c1-11-4-2-5-13(19-11)10-16-8-12-9-18-15-14(12)6-3-7-17-15/h2-7,9,16H,8,10H2,1H3,(H,17,18). The minimum atomic E-state index is 0.772. The lowest BCUT2D eigenvalue weighted by Gasteiger charge is -2.04. The Balaban J connectivity index is 1.66. The molecular formula is C15H16N4. The van der Waals surface area contributed by atoms with Gasteiger partial charge in [-0.1, -0.05) is 6.07 Å². The molecule has 0 unspecified atom stereocenters. The fourth-order valence-corrected chi connectivity index (χ4v) is 2.18. The van der Waals surface area contributed by atoms with Crippen molar-refractivity contribution in [1.29, 1.82) is 0 Å². The predicted octanol–water partition coefficient (Wildman–Crippen LogP) is 2.56. The Labute approximate surface area is 111 Å². The smallest absolute Gasteiger partial charge is 0.137 e. The molecule has 19 heavy (non-hydrogen) atoms. The van der Waals surface area contributed by atoms with Crippen molar-refractivity contribution >= 4 is 11.0 Å². The molecule has 4 heteroatoms. The van der Waals surface area contributed by atoms with Crippen molar-refractivity contribution in [2.45, 2.75) is 20.0 Å². The molecule has 0 atom stereocenters. The normalized spacial score (nSPS) is 11.0. The summed E-state index contributed by atoms with van der Waals surface area (Å²) >= 11 is 0. The monoisotopic (exact) mass is 252 g/mol. The molecule has 2 N–H and O–H groups in total. The van der Waals surface area contributed by atoms with E-state index >= 15 is 0 Å². The summed E-state index contributed by atoms with van der Waals surface area (Å²) < 4.78 is 0. The van der Waals surface area contributed by atoms with Gasteiger partial charge < -0.3 is 10.3 Å². The summed E-state index contributed by atoms with van der Waals surface area (Å²) in [5, 5.41) is 4.59. The third-order valence-corrected chi connectivity index (χ3v) is 3.10. The first-order chi connectivity index (χ1) is 9.33. The van der Waals surface area contributed by atoms with Gasteiger partial charge in [0.2, 0.25) is 0 Å². The van der Waals surface area contributed by atoms with Crippen molar-refractivity contribution in [2.75, 3.05) is 0 Å². The number of hydrogen-bond acceptors (Lipinski definition) is 3. The van der Waals surface area contributed by atoms with E-state index in [1.54, 1.807) is 6.20 Å². The van der Waals surface area contributed by atoms with Crippen LogP contribution in [0.3, 0.4) is 0 Å². The lowest BCUT2D eigenvalue weighted by atomic mass is 10.2. The van der Waals surface area contributed by atoms with Crippen LogP contribution in [0.25, 0.3) is 11.0 Å². The number of nitrogens with one attached hydrogen (secondary N) is 2. The number of H-pyrrole nitrogens is 1. The van der Waals surface area contributed by atoms with Gasteiger partial charge in [0.05, 0.1) is 5.69 Å². The number of aromatic nitrogens is 3. The largest absolute Gasteiger partial charge is 0.346 e. The van der Waals surface area contributed by atoms with Crippen LogP contribution in [0, 0.1) is 6.92 Å². The highest BCUT2D eigenvalue weighted by Crippen LogP contribution is 2.15. The summed E-state index contributed by atoms with van der Waals surface area (Å²) in [5.41, 5.74) is 4.29. The molecule has 0 aliphatic carbocycles. The highest BCUT2D eigenvalue weighted by Gasteiger charge is 2.03. The first-order valence-corrected chi connectivity index (χ1v) is 6.37.